The van der Waals surface area contributed by atoms with Gasteiger partial charge in [-0.2, -0.15) is 5.10 Å². The smallest absolute Gasteiger partial charge is 0.225 e. The molecule has 0 saturated heterocycles. The standard InChI is InChI=1S/C36H46N8O7/c1-46-10-11-48-14-15-50-18-19-51-17-16-49-13-12-47-9-6-31(45)43-8-5-27-20-26(2-3-29(27)24-43)23-44-36-32(34(37)40-25-41-36)33(42-44)30-21-28-4-7-38-35(28)39-22-30/h2-4,7,20-22,25H,5-6,8-19,23-24H2,1H3,(H,38,39)(H2,37,40,41). The van der Waals surface area contributed by atoms with E-state index in [0.717, 1.165) is 34.1 Å². The third-order valence-electron chi connectivity index (χ3n) is 8.58. The molecule has 5 heterocycles. The molecule has 1 aromatic carbocycles. The zero-order valence-electron chi connectivity index (χ0n) is 29.1. The molecule has 1 aliphatic heterocycles. The Balaban J connectivity index is 0.900. The van der Waals surface area contributed by atoms with Crippen LogP contribution in [0, 0.1) is 0 Å². The van der Waals surface area contributed by atoms with Gasteiger partial charge in [0, 0.05) is 43.5 Å². The number of aromatic nitrogens is 6. The monoisotopic (exact) mass is 702 g/mol. The summed E-state index contributed by atoms with van der Waals surface area (Å²) in [5.74, 6) is 0.461. The average molecular weight is 703 g/mol. The topological polar surface area (TPSA) is 174 Å². The van der Waals surface area contributed by atoms with E-state index in [2.05, 4.69) is 38.1 Å². The lowest BCUT2D eigenvalue weighted by Gasteiger charge is -2.29. The Morgan fingerprint density at radius 3 is 2.27 bits per heavy atom. The summed E-state index contributed by atoms with van der Waals surface area (Å²) in [6.45, 7) is 7.19. The van der Waals surface area contributed by atoms with Crippen LogP contribution >= 0.6 is 0 Å². The Bertz CT molecular complexity index is 1860. The minimum Gasteiger partial charge on any atom is -0.383 e. The summed E-state index contributed by atoms with van der Waals surface area (Å²) in [6.07, 6.45) is 6.22. The second-order valence-electron chi connectivity index (χ2n) is 12.1. The molecule has 3 N–H and O–H groups in total. The van der Waals surface area contributed by atoms with Crippen LogP contribution in [0.2, 0.25) is 0 Å². The zero-order valence-corrected chi connectivity index (χ0v) is 29.1. The first-order chi connectivity index (χ1) is 25.1. The van der Waals surface area contributed by atoms with Crippen molar-refractivity contribution in [3.63, 3.8) is 0 Å². The molecule has 0 unspecified atom stereocenters. The first kappa shape index (κ1) is 36.3. The van der Waals surface area contributed by atoms with Gasteiger partial charge in [-0.05, 0) is 35.2 Å². The number of nitrogens with zero attached hydrogens (tertiary/aromatic N) is 6. The SMILES string of the molecule is COCCOCCOCCOCCOCCOCCC(=O)N1CCc2cc(Cn3nc(-c4cnc5[nH]ccc5c4)c4c(N)ncnc43)ccc2C1. The number of rotatable bonds is 21. The molecule has 0 radical (unpaired) electrons. The van der Waals surface area contributed by atoms with Gasteiger partial charge in [0.2, 0.25) is 5.91 Å². The van der Waals surface area contributed by atoms with Gasteiger partial charge in [-0.1, -0.05) is 18.2 Å². The highest BCUT2D eigenvalue weighted by Crippen LogP contribution is 2.32. The molecular weight excluding hydrogens is 656 g/mol. The molecule has 6 rings (SSSR count). The predicted octanol–water partition coefficient (Wildman–Crippen LogP) is 3.00. The summed E-state index contributed by atoms with van der Waals surface area (Å²) in [6, 6.07) is 10.4. The van der Waals surface area contributed by atoms with Gasteiger partial charge >= 0.3 is 0 Å². The number of fused-ring (bicyclic) bond motifs is 3. The summed E-state index contributed by atoms with van der Waals surface area (Å²) in [7, 11) is 1.64. The normalized spacial score (nSPS) is 13.0. The van der Waals surface area contributed by atoms with E-state index in [9.17, 15) is 4.79 Å². The van der Waals surface area contributed by atoms with Crippen LogP contribution < -0.4 is 5.73 Å². The molecule has 0 bridgehead atoms. The minimum absolute atomic E-state index is 0.0860. The number of hydrogen-bond acceptors (Lipinski definition) is 12. The van der Waals surface area contributed by atoms with E-state index in [-0.39, 0.29) is 5.91 Å². The van der Waals surface area contributed by atoms with Crippen LogP contribution in [0.15, 0.2) is 49.1 Å². The van der Waals surface area contributed by atoms with Crippen molar-refractivity contribution in [2.45, 2.75) is 25.9 Å². The predicted molar refractivity (Wildman–Crippen MR) is 190 cm³/mol. The molecule has 0 aliphatic carbocycles. The first-order valence-corrected chi connectivity index (χ1v) is 17.3. The van der Waals surface area contributed by atoms with Crippen LogP contribution in [-0.4, -0.2) is 127 Å². The van der Waals surface area contributed by atoms with E-state index in [1.165, 1.54) is 11.9 Å². The number of benzene rings is 1. The third kappa shape index (κ3) is 9.84. The molecule has 51 heavy (non-hydrogen) atoms. The number of nitrogens with two attached hydrogens (primary N) is 1. The van der Waals surface area contributed by atoms with Crippen LogP contribution in [-0.2, 0) is 52.7 Å². The van der Waals surface area contributed by atoms with Gasteiger partial charge in [0.15, 0.2) is 5.65 Å². The maximum Gasteiger partial charge on any atom is 0.225 e. The third-order valence-corrected chi connectivity index (χ3v) is 8.58. The number of nitrogen functional groups attached to an aromatic ring is 1. The van der Waals surface area contributed by atoms with Crippen LogP contribution in [0.1, 0.15) is 23.1 Å². The Kier molecular flexibility index (Phi) is 13.3. The van der Waals surface area contributed by atoms with Crippen LogP contribution in [0.3, 0.4) is 0 Å². The number of aromatic amines is 1. The number of amides is 1. The molecule has 0 fully saturated rings. The molecule has 15 nitrogen and oxygen atoms in total. The van der Waals surface area contributed by atoms with Gasteiger partial charge in [-0.25, -0.2) is 19.6 Å². The highest BCUT2D eigenvalue weighted by molar-refractivity contribution is 5.99. The van der Waals surface area contributed by atoms with E-state index in [1.807, 2.05) is 27.9 Å². The highest BCUT2D eigenvalue weighted by Gasteiger charge is 2.22. The van der Waals surface area contributed by atoms with Crippen molar-refractivity contribution in [1.82, 2.24) is 34.6 Å². The van der Waals surface area contributed by atoms with Crippen molar-refractivity contribution in [1.29, 1.82) is 0 Å². The van der Waals surface area contributed by atoms with Crippen molar-refractivity contribution in [2.24, 2.45) is 0 Å². The van der Waals surface area contributed by atoms with Crippen molar-refractivity contribution < 1.29 is 33.2 Å². The molecule has 4 aromatic heterocycles. The lowest BCUT2D eigenvalue weighted by molar-refractivity contribution is -0.133. The number of pyridine rings is 1. The van der Waals surface area contributed by atoms with Crippen LogP contribution in [0.4, 0.5) is 5.82 Å². The number of carbonyl (C=O) groups excluding carboxylic acids is 1. The van der Waals surface area contributed by atoms with Crippen molar-refractivity contribution in [3.8, 4) is 11.3 Å². The summed E-state index contributed by atoms with van der Waals surface area (Å²) in [4.78, 5) is 31.3. The van der Waals surface area contributed by atoms with E-state index in [0.29, 0.717) is 121 Å². The highest BCUT2D eigenvalue weighted by atomic mass is 16.6. The molecular formula is C36H46N8O7. The fourth-order valence-electron chi connectivity index (χ4n) is 5.94. The summed E-state index contributed by atoms with van der Waals surface area (Å²) < 4.78 is 34.2. The van der Waals surface area contributed by atoms with Gasteiger partial charge < -0.3 is 44.0 Å². The molecule has 0 spiro atoms. The lowest BCUT2D eigenvalue weighted by Crippen LogP contribution is -2.36. The largest absolute Gasteiger partial charge is 0.383 e. The molecule has 1 amide bonds. The van der Waals surface area contributed by atoms with Gasteiger partial charge in [0.25, 0.3) is 0 Å². The molecule has 0 saturated carbocycles. The molecule has 1 aliphatic rings. The summed E-state index contributed by atoms with van der Waals surface area (Å²) >= 11 is 0. The maximum absolute atomic E-state index is 12.9. The lowest BCUT2D eigenvalue weighted by atomic mass is 9.97. The van der Waals surface area contributed by atoms with Gasteiger partial charge in [0.1, 0.15) is 23.5 Å². The molecule has 15 heteroatoms. The summed E-state index contributed by atoms with van der Waals surface area (Å²) in [5.41, 5.74) is 12.8. The van der Waals surface area contributed by atoms with Crippen LogP contribution in [0.25, 0.3) is 33.3 Å². The fraction of sp³-hybridized carbons (Fsp3) is 0.472. The van der Waals surface area contributed by atoms with Gasteiger partial charge in [0.05, 0.1) is 91.0 Å². The van der Waals surface area contributed by atoms with Crippen molar-refractivity contribution >= 4 is 33.8 Å². The number of H-pyrrole nitrogens is 1. The Hall–Kier alpha value is -4.51. The Labute approximate surface area is 296 Å². The average Bonchev–Trinajstić information content (AvgIpc) is 3.77. The van der Waals surface area contributed by atoms with Gasteiger partial charge in [-0.15, -0.1) is 0 Å². The summed E-state index contributed by atoms with van der Waals surface area (Å²) in [5, 5.41) is 6.62. The maximum atomic E-state index is 12.9. The second-order valence-corrected chi connectivity index (χ2v) is 12.1. The number of ether oxygens (including phenoxy) is 6. The van der Waals surface area contributed by atoms with Crippen molar-refractivity contribution in [3.05, 3.63) is 65.7 Å². The van der Waals surface area contributed by atoms with Crippen molar-refractivity contribution in [2.75, 3.05) is 92.1 Å². The number of anilines is 1. The van der Waals surface area contributed by atoms with Gasteiger partial charge in [-0.3, -0.25) is 4.79 Å². The first-order valence-electron chi connectivity index (χ1n) is 17.3. The fourth-order valence-corrected chi connectivity index (χ4v) is 5.94. The van der Waals surface area contributed by atoms with E-state index in [1.54, 1.807) is 13.3 Å². The number of hydrogen-bond donors (Lipinski definition) is 2. The Morgan fingerprint density at radius 2 is 1.55 bits per heavy atom. The van der Waals surface area contributed by atoms with Crippen LogP contribution in [0.5, 0.6) is 0 Å². The number of carbonyl (C=O) groups is 1. The Morgan fingerprint density at radius 1 is 0.843 bits per heavy atom. The quantitative estimate of drug-likeness (QED) is 0.107. The number of nitrogens with one attached hydrogen (secondary N) is 1. The van der Waals surface area contributed by atoms with E-state index >= 15 is 0 Å². The van der Waals surface area contributed by atoms with E-state index in [4.69, 9.17) is 39.3 Å². The van der Waals surface area contributed by atoms with E-state index < -0.39 is 0 Å². The zero-order chi connectivity index (χ0) is 35.3. The molecule has 0 atom stereocenters. The molecule has 272 valence electrons. The minimum atomic E-state index is 0.0860. The molecule has 5 aromatic rings. The number of methoxy groups -OCH3 is 1. The second kappa shape index (κ2) is 18.6.